The molecular formula is C50H56N2O6. The molecule has 5 rings (SSSR count). The molecule has 0 aliphatic heterocycles. The monoisotopic (exact) mass is 780 g/mol. The highest BCUT2D eigenvalue weighted by molar-refractivity contribution is 6.03. The minimum Gasteiger partial charge on any atom is -0.494 e. The molecule has 0 radical (unpaired) electrons. The second-order valence-corrected chi connectivity index (χ2v) is 14.1. The lowest BCUT2D eigenvalue weighted by Crippen LogP contribution is -2.15. The number of unbranched alkanes of at least 4 members (excludes halogenated alkanes) is 4. The Morgan fingerprint density at radius 3 is 1.22 bits per heavy atom. The molecule has 0 aliphatic rings. The molecule has 8 heteroatoms. The Balaban J connectivity index is 0.929. The van der Waals surface area contributed by atoms with Gasteiger partial charge in [-0.25, -0.2) is 9.59 Å². The van der Waals surface area contributed by atoms with Crippen molar-refractivity contribution >= 4 is 35.7 Å². The van der Waals surface area contributed by atoms with Crippen LogP contribution in [-0.4, -0.2) is 50.8 Å². The molecule has 0 saturated carbocycles. The summed E-state index contributed by atoms with van der Waals surface area (Å²) in [6, 6.07) is 38.9. The standard InChI is InChI=1S/C50H56N2O6/c1-3-5-13-39-17-25-43(26-18-39)51-37-41-21-29-45(30-22-41)55-33-9-11-35-57-49(53)47-15-7-8-16-48(47)50(54)58-36-12-10-34-56-46-31-23-42(24-32-46)38-52-44-27-19-40(20-28-44)14-6-4-2/h7-8,15-32,37-38H,3-6,9-14,33-36H2,1-2H3. The van der Waals surface area contributed by atoms with E-state index in [9.17, 15) is 9.59 Å². The topological polar surface area (TPSA) is 95.8 Å². The molecule has 58 heavy (non-hydrogen) atoms. The first kappa shape index (κ1) is 43.1. The molecule has 0 bridgehead atoms. The molecule has 0 atom stereocenters. The molecule has 0 aliphatic carbocycles. The smallest absolute Gasteiger partial charge is 0.339 e. The maximum absolute atomic E-state index is 12.9. The van der Waals surface area contributed by atoms with Crippen LogP contribution >= 0.6 is 0 Å². The van der Waals surface area contributed by atoms with E-state index in [1.165, 1.54) is 36.8 Å². The predicted molar refractivity (Wildman–Crippen MR) is 234 cm³/mol. The zero-order valence-corrected chi connectivity index (χ0v) is 33.9. The van der Waals surface area contributed by atoms with Crippen molar-refractivity contribution in [3.05, 3.63) is 155 Å². The molecule has 0 unspecified atom stereocenters. The highest BCUT2D eigenvalue weighted by atomic mass is 16.5. The van der Waals surface area contributed by atoms with E-state index in [-0.39, 0.29) is 24.3 Å². The second-order valence-electron chi connectivity index (χ2n) is 14.1. The van der Waals surface area contributed by atoms with Gasteiger partial charge in [-0.3, -0.25) is 9.98 Å². The van der Waals surface area contributed by atoms with Crippen LogP contribution in [0.2, 0.25) is 0 Å². The number of nitrogens with zero attached hydrogens (tertiary/aromatic N) is 2. The lowest BCUT2D eigenvalue weighted by Gasteiger charge is -2.10. The van der Waals surface area contributed by atoms with Gasteiger partial charge in [0.1, 0.15) is 11.5 Å². The fourth-order valence-electron chi connectivity index (χ4n) is 5.97. The molecule has 0 N–H and O–H groups in total. The van der Waals surface area contributed by atoms with E-state index in [4.69, 9.17) is 18.9 Å². The van der Waals surface area contributed by atoms with Crippen molar-refractivity contribution in [1.82, 2.24) is 0 Å². The quantitative estimate of drug-likeness (QED) is 0.0351. The summed E-state index contributed by atoms with van der Waals surface area (Å²) in [5.74, 6) is 0.419. The van der Waals surface area contributed by atoms with Crippen LogP contribution in [0.25, 0.3) is 0 Å². The third-order valence-electron chi connectivity index (χ3n) is 9.44. The average molecular weight is 781 g/mol. The van der Waals surface area contributed by atoms with Crippen molar-refractivity contribution in [2.45, 2.75) is 78.1 Å². The summed E-state index contributed by atoms with van der Waals surface area (Å²) < 4.78 is 22.7. The Morgan fingerprint density at radius 1 is 0.466 bits per heavy atom. The Kier molecular flexibility index (Phi) is 18.3. The van der Waals surface area contributed by atoms with Crippen molar-refractivity contribution in [1.29, 1.82) is 0 Å². The highest BCUT2D eigenvalue weighted by Gasteiger charge is 2.19. The molecule has 0 saturated heterocycles. The van der Waals surface area contributed by atoms with Crippen LogP contribution in [0, 0.1) is 0 Å². The number of hydrogen-bond acceptors (Lipinski definition) is 8. The van der Waals surface area contributed by atoms with Crippen LogP contribution in [0.1, 0.15) is 108 Å². The molecule has 0 amide bonds. The fraction of sp³-hybridized carbons (Fsp3) is 0.320. The number of ether oxygens (including phenoxy) is 4. The van der Waals surface area contributed by atoms with E-state index in [1.807, 2.05) is 61.0 Å². The van der Waals surface area contributed by atoms with Gasteiger partial charge >= 0.3 is 11.9 Å². The lowest BCUT2D eigenvalue weighted by molar-refractivity contribution is 0.0447. The van der Waals surface area contributed by atoms with Gasteiger partial charge in [0.15, 0.2) is 0 Å². The van der Waals surface area contributed by atoms with Crippen LogP contribution in [0.3, 0.4) is 0 Å². The van der Waals surface area contributed by atoms with Crippen molar-refractivity contribution in [2.24, 2.45) is 9.98 Å². The molecule has 8 nitrogen and oxygen atoms in total. The molecule has 302 valence electrons. The number of hydrogen-bond donors (Lipinski definition) is 0. The van der Waals surface area contributed by atoms with Gasteiger partial charge in [0, 0.05) is 12.4 Å². The third-order valence-corrected chi connectivity index (χ3v) is 9.44. The number of aryl methyl sites for hydroxylation is 2. The maximum Gasteiger partial charge on any atom is 0.339 e. The van der Waals surface area contributed by atoms with Crippen molar-refractivity contribution < 1.29 is 28.5 Å². The summed E-state index contributed by atoms with van der Waals surface area (Å²) in [6.45, 7) is 5.80. The van der Waals surface area contributed by atoms with Gasteiger partial charge in [0.2, 0.25) is 0 Å². The minimum absolute atomic E-state index is 0.188. The lowest BCUT2D eigenvalue weighted by atomic mass is 10.1. The largest absolute Gasteiger partial charge is 0.494 e. The van der Waals surface area contributed by atoms with Crippen molar-refractivity contribution in [2.75, 3.05) is 26.4 Å². The van der Waals surface area contributed by atoms with E-state index in [0.717, 1.165) is 46.8 Å². The first-order valence-electron chi connectivity index (χ1n) is 20.7. The fourth-order valence-corrected chi connectivity index (χ4v) is 5.97. The van der Waals surface area contributed by atoms with Crippen molar-refractivity contribution in [3.63, 3.8) is 0 Å². The number of benzene rings is 5. The zero-order valence-electron chi connectivity index (χ0n) is 33.9. The number of esters is 2. The number of aliphatic imine (C=N–C) groups is 2. The minimum atomic E-state index is -0.555. The Morgan fingerprint density at radius 2 is 0.845 bits per heavy atom. The second kappa shape index (κ2) is 24.6. The number of carbonyl (C=O) groups is 2. The van der Waals surface area contributed by atoms with Gasteiger partial charge in [-0.2, -0.15) is 0 Å². The normalized spacial score (nSPS) is 11.2. The molecule has 0 fully saturated rings. The molecule has 0 heterocycles. The van der Waals surface area contributed by atoms with Crippen LogP contribution in [0.5, 0.6) is 11.5 Å². The molecule has 0 aromatic heterocycles. The van der Waals surface area contributed by atoms with Crippen LogP contribution < -0.4 is 9.47 Å². The Bertz CT molecular complexity index is 1870. The first-order valence-corrected chi connectivity index (χ1v) is 20.7. The molecule has 0 spiro atoms. The van der Waals surface area contributed by atoms with Gasteiger partial charge in [0.05, 0.1) is 48.9 Å². The first-order chi connectivity index (χ1) is 28.5. The summed E-state index contributed by atoms with van der Waals surface area (Å²) in [5.41, 5.74) is 6.90. The maximum atomic E-state index is 12.9. The molecule has 5 aromatic rings. The van der Waals surface area contributed by atoms with Gasteiger partial charge in [0.25, 0.3) is 0 Å². The van der Waals surface area contributed by atoms with Crippen molar-refractivity contribution in [3.8, 4) is 11.5 Å². The van der Waals surface area contributed by atoms with Crippen LogP contribution in [0.15, 0.2) is 131 Å². The number of carbonyl (C=O) groups excluding carboxylic acids is 2. The van der Waals surface area contributed by atoms with E-state index >= 15 is 0 Å². The van der Waals surface area contributed by atoms with Crippen LogP contribution in [0.4, 0.5) is 11.4 Å². The summed E-state index contributed by atoms with van der Waals surface area (Å²) in [5, 5.41) is 0. The summed E-state index contributed by atoms with van der Waals surface area (Å²) in [7, 11) is 0. The number of rotatable bonds is 24. The predicted octanol–water partition coefficient (Wildman–Crippen LogP) is 11.9. The highest BCUT2D eigenvalue weighted by Crippen LogP contribution is 2.19. The molecule has 5 aromatic carbocycles. The summed E-state index contributed by atoms with van der Waals surface area (Å²) in [6.07, 6.45) is 13.3. The third kappa shape index (κ3) is 15.1. The van der Waals surface area contributed by atoms with Gasteiger partial charge in [-0.15, -0.1) is 0 Å². The van der Waals surface area contributed by atoms with Gasteiger partial charge in [-0.05, 0) is 159 Å². The Hall–Kier alpha value is -6.02. The van der Waals surface area contributed by atoms with Gasteiger partial charge < -0.3 is 18.9 Å². The van der Waals surface area contributed by atoms with E-state index in [0.29, 0.717) is 38.9 Å². The molecular weight excluding hydrogens is 725 g/mol. The van der Waals surface area contributed by atoms with Gasteiger partial charge in [-0.1, -0.05) is 63.1 Å². The SMILES string of the molecule is CCCCc1ccc(N=Cc2ccc(OCCCCOC(=O)c3ccccc3C(=O)OCCCCOc3ccc(C=Nc4ccc(CCCC)cc4)cc3)cc2)cc1. The average Bonchev–Trinajstić information content (AvgIpc) is 3.27. The van der Waals surface area contributed by atoms with E-state index < -0.39 is 11.9 Å². The van der Waals surface area contributed by atoms with E-state index in [1.54, 1.807) is 24.3 Å². The Labute approximate surface area is 344 Å². The summed E-state index contributed by atoms with van der Waals surface area (Å²) >= 11 is 0. The van der Waals surface area contributed by atoms with Crippen LogP contribution in [-0.2, 0) is 22.3 Å². The van der Waals surface area contributed by atoms with E-state index in [2.05, 4.69) is 72.4 Å². The zero-order chi connectivity index (χ0) is 40.6. The summed E-state index contributed by atoms with van der Waals surface area (Å²) in [4.78, 5) is 34.9.